The fraction of sp³-hybridized carbons (Fsp3) is 0.556. The summed E-state index contributed by atoms with van der Waals surface area (Å²) in [5, 5.41) is 5.96. The van der Waals surface area contributed by atoms with E-state index in [0.29, 0.717) is 5.92 Å². The maximum absolute atomic E-state index is 12.2. The molecular formula is C18H26BrN3O2. The van der Waals surface area contributed by atoms with Crippen molar-refractivity contribution < 1.29 is 9.59 Å². The number of nitrogens with one attached hydrogen (secondary N) is 2. The molecule has 24 heavy (non-hydrogen) atoms. The van der Waals surface area contributed by atoms with E-state index in [0.717, 1.165) is 16.6 Å². The Morgan fingerprint density at radius 3 is 2.54 bits per heavy atom. The maximum atomic E-state index is 12.2. The molecule has 2 atom stereocenters. The van der Waals surface area contributed by atoms with Crippen LogP contribution in [0.2, 0.25) is 0 Å². The average Bonchev–Trinajstić information content (AvgIpc) is 2.51. The molecule has 5 nitrogen and oxygen atoms in total. The quantitative estimate of drug-likeness (QED) is 0.777. The highest BCUT2D eigenvalue weighted by molar-refractivity contribution is 9.10. The van der Waals surface area contributed by atoms with Crippen LogP contribution < -0.4 is 10.6 Å². The molecular weight excluding hydrogens is 370 g/mol. The minimum Gasteiger partial charge on any atom is -0.352 e. The Kier molecular flexibility index (Phi) is 7.24. The van der Waals surface area contributed by atoms with Crippen LogP contribution in [0.5, 0.6) is 0 Å². The van der Waals surface area contributed by atoms with Crippen molar-refractivity contribution in [3.05, 3.63) is 28.7 Å². The lowest BCUT2D eigenvalue weighted by Gasteiger charge is -2.30. The van der Waals surface area contributed by atoms with Crippen LogP contribution in [0.1, 0.15) is 32.6 Å². The van der Waals surface area contributed by atoms with Gasteiger partial charge in [0.1, 0.15) is 0 Å². The van der Waals surface area contributed by atoms with Gasteiger partial charge < -0.3 is 10.6 Å². The van der Waals surface area contributed by atoms with E-state index in [2.05, 4.69) is 33.5 Å². The summed E-state index contributed by atoms with van der Waals surface area (Å²) in [6.07, 6.45) is 4.66. The molecule has 2 rings (SSSR count). The van der Waals surface area contributed by atoms with Crippen molar-refractivity contribution in [3.63, 3.8) is 0 Å². The minimum absolute atomic E-state index is 0.00931. The number of hydrogen-bond donors (Lipinski definition) is 2. The number of carbonyl (C=O) groups is 2. The summed E-state index contributed by atoms with van der Waals surface area (Å²) in [5.74, 6) is 0.389. The Labute approximate surface area is 152 Å². The topological polar surface area (TPSA) is 61.4 Å². The lowest BCUT2D eigenvalue weighted by molar-refractivity contribution is -0.124. The highest BCUT2D eigenvalue weighted by atomic mass is 79.9. The van der Waals surface area contributed by atoms with E-state index in [9.17, 15) is 9.59 Å². The second-order valence-corrected chi connectivity index (χ2v) is 7.49. The Balaban J connectivity index is 1.75. The lowest BCUT2D eigenvalue weighted by atomic mass is 9.86. The second-order valence-electron chi connectivity index (χ2n) is 6.64. The molecule has 0 bridgehead atoms. The number of halogens is 1. The zero-order valence-corrected chi connectivity index (χ0v) is 15.9. The summed E-state index contributed by atoms with van der Waals surface area (Å²) >= 11 is 3.40. The van der Waals surface area contributed by atoms with Crippen molar-refractivity contribution in [2.24, 2.45) is 5.92 Å². The van der Waals surface area contributed by atoms with Crippen molar-refractivity contribution in [1.82, 2.24) is 10.2 Å². The molecule has 0 unspecified atom stereocenters. The van der Waals surface area contributed by atoms with Crippen molar-refractivity contribution in [2.75, 3.05) is 25.5 Å². The standard InChI is InChI=1S/C18H26BrN3O2/c1-13-7-3-5-9-15(13)20-17(23)11-22(2)12-18(24)21-16-10-6-4-8-14(16)19/h4,6,8,10,13,15H,3,5,7,9,11-12H2,1-2H3,(H,20,23)(H,21,24)/t13-,15-/m1/s1. The number of para-hydroxylation sites is 1. The van der Waals surface area contributed by atoms with Crippen LogP contribution in [-0.2, 0) is 9.59 Å². The number of anilines is 1. The van der Waals surface area contributed by atoms with E-state index >= 15 is 0 Å². The first kappa shape index (κ1) is 18.9. The molecule has 1 aromatic rings. The SMILES string of the molecule is C[C@@H]1CCCC[C@H]1NC(=O)CN(C)CC(=O)Nc1ccccc1Br. The van der Waals surface area contributed by atoms with Crippen LogP contribution in [0, 0.1) is 5.92 Å². The first-order valence-electron chi connectivity index (χ1n) is 8.48. The number of likely N-dealkylation sites (N-methyl/N-ethyl adjacent to an activating group) is 1. The Morgan fingerprint density at radius 1 is 1.17 bits per heavy atom. The third-order valence-corrected chi connectivity index (χ3v) is 5.12. The molecule has 132 valence electrons. The lowest BCUT2D eigenvalue weighted by Crippen LogP contribution is -2.46. The summed E-state index contributed by atoms with van der Waals surface area (Å²) in [7, 11) is 1.78. The van der Waals surface area contributed by atoms with E-state index in [-0.39, 0.29) is 30.9 Å². The van der Waals surface area contributed by atoms with Crippen LogP contribution in [-0.4, -0.2) is 42.9 Å². The van der Waals surface area contributed by atoms with Gasteiger partial charge in [0.25, 0.3) is 0 Å². The van der Waals surface area contributed by atoms with Gasteiger partial charge in [-0.05, 0) is 53.9 Å². The van der Waals surface area contributed by atoms with E-state index in [1.165, 1.54) is 19.3 Å². The van der Waals surface area contributed by atoms with Crippen LogP contribution >= 0.6 is 15.9 Å². The van der Waals surface area contributed by atoms with Gasteiger partial charge >= 0.3 is 0 Å². The van der Waals surface area contributed by atoms with Gasteiger partial charge in [-0.15, -0.1) is 0 Å². The predicted octanol–water partition coefficient (Wildman–Crippen LogP) is 3.01. The molecule has 2 N–H and O–H groups in total. The van der Waals surface area contributed by atoms with Crippen LogP contribution in [0.15, 0.2) is 28.7 Å². The molecule has 1 aliphatic carbocycles. The molecule has 1 fully saturated rings. The van der Waals surface area contributed by atoms with Crippen LogP contribution in [0.25, 0.3) is 0 Å². The normalized spacial score (nSPS) is 20.7. The van der Waals surface area contributed by atoms with Gasteiger partial charge in [0.05, 0.1) is 18.8 Å². The average molecular weight is 396 g/mol. The third-order valence-electron chi connectivity index (χ3n) is 4.43. The zero-order valence-electron chi connectivity index (χ0n) is 14.3. The van der Waals surface area contributed by atoms with Gasteiger partial charge in [0, 0.05) is 10.5 Å². The smallest absolute Gasteiger partial charge is 0.238 e. The molecule has 0 saturated heterocycles. The molecule has 0 spiro atoms. The van der Waals surface area contributed by atoms with E-state index < -0.39 is 0 Å². The summed E-state index contributed by atoms with van der Waals surface area (Å²) in [5.41, 5.74) is 0.733. The van der Waals surface area contributed by atoms with Gasteiger partial charge in [0.15, 0.2) is 0 Å². The maximum Gasteiger partial charge on any atom is 0.238 e. The summed E-state index contributed by atoms with van der Waals surface area (Å²) in [6.45, 7) is 2.60. The highest BCUT2D eigenvalue weighted by Crippen LogP contribution is 2.23. The second kappa shape index (κ2) is 9.18. The van der Waals surface area contributed by atoms with Crippen molar-refractivity contribution >= 4 is 33.4 Å². The summed E-state index contributed by atoms with van der Waals surface area (Å²) in [6, 6.07) is 7.73. The molecule has 0 heterocycles. The number of amides is 2. The number of carbonyl (C=O) groups excluding carboxylic acids is 2. The van der Waals surface area contributed by atoms with Gasteiger partial charge in [-0.25, -0.2) is 0 Å². The number of nitrogens with zero attached hydrogens (tertiary/aromatic N) is 1. The van der Waals surface area contributed by atoms with E-state index in [1.54, 1.807) is 11.9 Å². The number of benzene rings is 1. The number of hydrogen-bond acceptors (Lipinski definition) is 3. The minimum atomic E-state index is -0.136. The molecule has 1 aromatic carbocycles. The monoisotopic (exact) mass is 395 g/mol. The molecule has 6 heteroatoms. The summed E-state index contributed by atoms with van der Waals surface area (Å²) in [4.78, 5) is 26.0. The molecule has 1 saturated carbocycles. The third kappa shape index (κ3) is 5.91. The predicted molar refractivity (Wildman–Crippen MR) is 99.8 cm³/mol. The van der Waals surface area contributed by atoms with Crippen molar-refractivity contribution in [1.29, 1.82) is 0 Å². The van der Waals surface area contributed by atoms with Gasteiger partial charge in [0.2, 0.25) is 11.8 Å². The molecule has 0 radical (unpaired) electrons. The zero-order chi connectivity index (χ0) is 17.5. The van der Waals surface area contributed by atoms with Gasteiger partial charge in [-0.1, -0.05) is 31.9 Å². The largest absolute Gasteiger partial charge is 0.352 e. The van der Waals surface area contributed by atoms with E-state index in [1.807, 2.05) is 24.3 Å². The Hall–Kier alpha value is -1.40. The van der Waals surface area contributed by atoms with Crippen LogP contribution in [0.4, 0.5) is 5.69 Å². The Morgan fingerprint density at radius 2 is 1.83 bits per heavy atom. The van der Waals surface area contributed by atoms with Gasteiger partial charge in [-0.3, -0.25) is 14.5 Å². The van der Waals surface area contributed by atoms with Crippen molar-refractivity contribution in [3.8, 4) is 0 Å². The van der Waals surface area contributed by atoms with Crippen LogP contribution in [0.3, 0.4) is 0 Å². The number of rotatable bonds is 6. The molecule has 0 aliphatic heterocycles. The highest BCUT2D eigenvalue weighted by Gasteiger charge is 2.23. The first-order valence-corrected chi connectivity index (χ1v) is 9.27. The molecule has 0 aromatic heterocycles. The van der Waals surface area contributed by atoms with Gasteiger partial charge in [-0.2, -0.15) is 0 Å². The Bertz CT molecular complexity index is 579. The van der Waals surface area contributed by atoms with E-state index in [4.69, 9.17) is 0 Å². The molecule has 1 aliphatic rings. The summed E-state index contributed by atoms with van der Waals surface area (Å²) < 4.78 is 0.838. The molecule has 2 amide bonds. The fourth-order valence-electron chi connectivity index (χ4n) is 3.08. The van der Waals surface area contributed by atoms with Crippen molar-refractivity contribution in [2.45, 2.75) is 38.6 Å². The first-order chi connectivity index (χ1) is 11.5. The fourth-order valence-corrected chi connectivity index (χ4v) is 3.47.